The van der Waals surface area contributed by atoms with Crippen molar-refractivity contribution < 1.29 is 38.8 Å². The summed E-state index contributed by atoms with van der Waals surface area (Å²) in [6, 6.07) is 0. The molecule has 10 heteroatoms. The molecule has 0 saturated heterocycles. The van der Waals surface area contributed by atoms with Crippen molar-refractivity contribution in [2.45, 2.75) is 238 Å². The van der Waals surface area contributed by atoms with Gasteiger partial charge in [0.2, 0.25) is 0 Å². The Morgan fingerprint density at radius 3 is 0.843 bits per heavy atom. The van der Waals surface area contributed by atoms with Gasteiger partial charge >= 0.3 is 17.2 Å². The molecule has 0 heterocycles. The van der Waals surface area contributed by atoms with Crippen molar-refractivity contribution >= 4 is 17.2 Å². The average molecular weight is 769 g/mol. The molecule has 0 aliphatic rings. The summed E-state index contributed by atoms with van der Waals surface area (Å²) in [4.78, 5) is 39.2. The summed E-state index contributed by atoms with van der Waals surface area (Å²) in [5, 5.41) is 21.2. The standard InChI is InChI=1S/C41H86O8P2/c1-3-5-7-9-11-13-15-17-19-21-23-25-27-29-31-33-35-41(49-51(46)47,40(37-42,38-43)39-48-50(44)45)36-34-32-30-28-26-24-22-20-18-16-14-12-10-8-6-4-2/h42-47H,3-39H2,1-2H3. The number of hydrogen-bond acceptors (Lipinski definition) is 8. The summed E-state index contributed by atoms with van der Waals surface area (Å²) in [5.74, 6) is 0. The lowest BCUT2D eigenvalue weighted by Crippen LogP contribution is -2.56. The first-order valence-electron chi connectivity index (χ1n) is 21.7. The molecule has 6 N–H and O–H groups in total. The highest BCUT2D eigenvalue weighted by molar-refractivity contribution is 7.39. The lowest BCUT2D eigenvalue weighted by molar-refractivity contribution is -0.147. The van der Waals surface area contributed by atoms with Crippen LogP contribution in [0, 0.1) is 5.41 Å². The van der Waals surface area contributed by atoms with Gasteiger partial charge in [-0.2, -0.15) is 0 Å². The molecule has 0 spiro atoms. The molecule has 0 aromatic rings. The van der Waals surface area contributed by atoms with E-state index < -0.39 is 41.4 Å². The van der Waals surface area contributed by atoms with Crippen molar-refractivity contribution in [3.63, 3.8) is 0 Å². The first kappa shape index (κ1) is 51.5. The Hall–Kier alpha value is 0.540. The molecular weight excluding hydrogens is 682 g/mol. The van der Waals surface area contributed by atoms with Crippen LogP contribution in [0.4, 0.5) is 0 Å². The van der Waals surface area contributed by atoms with E-state index >= 15 is 0 Å². The molecule has 0 aliphatic carbocycles. The fraction of sp³-hybridized carbons (Fsp3) is 1.00. The Bertz CT molecular complexity index is 661. The van der Waals surface area contributed by atoms with Crippen LogP contribution in [0.5, 0.6) is 0 Å². The maximum absolute atomic E-state index is 10.6. The largest absolute Gasteiger partial charge is 0.395 e. The van der Waals surface area contributed by atoms with E-state index in [0.29, 0.717) is 12.8 Å². The normalized spacial score (nSPS) is 12.6. The fourth-order valence-corrected chi connectivity index (χ4v) is 8.71. The molecule has 0 aromatic carbocycles. The van der Waals surface area contributed by atoms with Crippen LogP contribution in [0.1, 0.15) is 232 Å². The quantitative estimate of drug-likeness (QED) is 0.0266. The van der Waals surface area contributed by atoms with Crippen LogP contribution >= 0.6 is 17.2 Å². The van der Waals surface area contributed by atoms with Crippen LogP contribution in [-0.2, 0) is 9.05 Å². The Labute approximate surface area is 318 Å². The van der Waals surface area contributed by atoms with Crippen LogP contribution in [0.2, 0.25) is 0 Å². The van der Waals surface area contributed by atoms with Crippen LogP contribution in [0.3, 0.4) is 0 Å². The molecule has 51 heavy (non-hydrogen) atoms. The van der Waals surface area contributed by atoms with Gasteiger partial charge in [-0.25, -0.2) is 0 Å². The lowest BCUT2D eigenvalue weighted by Gasteiger charge is -2.48. The lowest BCUT2D eigenvalue weighted by atomic mass is 9.68. The van der Waals surface area contributed by atoms with Gasteiger partial charge in [-0.05, 0) is 12.8 Å². The van der Waals surface area contributed by atoms with Gasteiger partial charge in [0.15, 0.2) is 0 Å². The molecule has 0 rings (SSSR count). The van der Waals surface area contributed by atoms with Crippen LogP contribution in [0.25, 0.3) is 0 Å². The third kappa shape index (κ3) is 28.6. The highest BCUT2D eigenvalue weighted by Gasteiger charge is 2.53. The van der Waals surface area contributed by atoms with E-state index in [9.17, 15) is 29.8 Å². The number of unbranched alkanes of at least 4 members (excludes halogenated alkanes) is 30. The summed E-state index contributed by atoms with van der Waals surface area (Å²) in [5.41, 5.74) is -2.67. The van der Waals surface area contributed by atoms with Crippen LogP contribution in [-0.4, -0.2) is 55.2 Å². The van der Waals surface area contributed by atoms with Gasteiger partial charge in [0.25, 0.3) is 0 Å². The molecule has 0 bridgehead atoms. The van der Waals surface area contributed by atoms with E-state index in [0.717, 1.165) is 51.4 Å². The molecule has 0 aliphatic heterocycles. The smallest absolute Gasteiger partial charge is 0.327 e. The maximum atomic E-state index is 10.6. The zero-order valence-electron chi connectivity index (χ0n) is 33.6. The summed E-state index contributed by atoms with van der Waals surface area (Å²) in [6.07, 6.45) is 40.8. The summed E-state index contributed by atoms with van der Waals surface area (Å²) in [6.45, 7) is 3.11. The summed E-state index contributed by atoms with van der Waals surface area (Å²) >= 11 is 0. The maximum Gasteiger partial charge on any atom is 0.327 e. The molecular formula is C41H86O8P2. The minimum atomic E-state index is -2.78. The second kappa shape index (κ2) is 37.5. The second-order valence-electron chi connectivity index (χ2n) is 15.6. The molecule has 0 aromatic heterocycles. The minimum Gasteiger partial charge on any atom is -0.395 e. The first-order chi connectivity index (χ1) is 24.8. The van der Waals surface area contributed by atoms with Gasteiger partial charge in [-0.15, -0.1) is 0 Å². The van der Waals surface area contributed by atoms with Gasteiger partial charge in [0.05, 0.1) is 30.8 Å². The van der Waals surface area contributed by atoms with Gasteiger partial charge in [-0.3, -0.25) is 0 Å². The highest BCUT2D eigenvalue weighted by Crippen LogP contribution is 2.50. The minimum absolute atomic E-state index is 0.348. The van der Waals surface area contributed by atoms with Crippen molar-refractivity contribution in [3.05, 3.63) is 0 Å². The van der Waals surface area contributed by atoms with Crippen molar-refractivity contribution in [1.29, 1.82) is 0 Å². The van der Waals surface area contributed by atoms with Gasteiger partial charge < -0.3 is 38.8 Å². The Morgan fingerprint density at radius 2 is 0.627 bits per heavy atom. The summed E-state index contributed by atoms with van der Waals surface area (Å²) < 4.78 is 11.0. The molecule has 0 atom stereocenters. The van der Waals surface area contributed by atoms with Gasteiger partial charge in [0, 0.05) is 0 Å². The number of aliphatic hydroxyl groups excluding tert-OH is 2. The first-order valence-corrected chi connectivity index (χ1v) is 24.1. The average Bonchev–Trinajstić information content (AvgIpc) is 3.11. The molecule has 308 valence electrons. The topological polar surface area (TPSA) is 140 Å². The number of rotatable bonds is 42. The predicted molar refractivity (Wildman–Crippen MR) is 217 cm³/mol. The molecule has 0 fully saturated rings. The Kier molecular flexibility index (Phi) is 37.9. The van der Waals surface area contributed by atoms with Gasteiger partial charge in [-0.1, -0.05) is 219 Å². The van der Waals surface area contributed by atoms with E-state index in [1.54, 1.807) is 0 Å². The molecule has 0 saturated carbocycles. The van der Waals surface area contributed by atoms with Crippen molar-refractivity contribution in [2.24, 2.45) is 5.41 Å². The Morgan fingerprint density at radius 1 is 0.373 bits per heavy atom. The van der Waals surface area contributed by atoms with Crippen LogP contribution < -0.4 is 0 Å². The fourth-order valence-electron chi connectivity index (χ4n) is 7.66. The molecule has 0 radical (unpaired) electrons. The number of aliphatic hydroxyl groups is 2. The molecule has 0 unspecified atom stereocenters. The molecule has 0 amide bonds. The molecule has 8 nitrogen and oxygen atoms in total. The second-order valence-corrected chi connectivity index (χ2v) is 17.0. The number of hydrogen-bond donors (Lipinski definition) is 6. The third-order valence-corrected chi connectivity index (χ3v) is 12.0. The van der Waals surface area contributed by atoms with Crippen molar-refractivity contribution in [1.82, 2.24) is 0 Å². The third-order valence-electron chi connectivity index (χ3n) is 11.2. The zero-order valence-corrected chi connectivity index (χ0v) is 35.3. The predicted octanol–water partition coefficient (Wildman–Crippen LogP) is 12.5. The summed E-state index contributed by atoms with van der Waals surface area (Å²) in [7, 11) is -5.49. The monoisotopic (exact) mass is 769 g/mol. The zero-order chi connectivity index (χ0) is 37.7. The van der Waals surface area contributed by atoms with E-state index in [4.69, 9.17) is 9.05 Å². The van der Waals surface area contributed by atoms with Gasteiger partial charge in [0.1, 0.15) is 0 Å². The van der Waals surface area contributed by atoms with E-state index in [1.165, 1.54) is 154 Å². The van der Waals surface area contributed by atoms with E-state index in [1.807, 2.05) is 0 Å². The van der Waals surface area contributed by atoms with Crippen molar-refractivity contribution in [2.75, 3.05) is 19.8 Å². The Balaban J connectivity index is 4.65. The van der Waals surface area contributed by atoms with Crippen LogP contribution in [0.15, 0.2) is 0 Å². The van der Waals surface area contributed by atoms with E-state index in [-0.39, 0.29) is 6.61 Å². The van der Waals surface area contributed by atoms with Crippen molar-refractivity contribution in [3.8, 4) is 0 Å². The highest BCUT2D eigenvalue weighted by atomic mass is 31.2. The SMILES string of the molecule is CCCCCCCCCCCCCCCCCCC(CCCCCCCCCCCCCCCCCC)(OP(O)O)C(CO)(CO)COP(O)O. The van der Waals surface area contributed by atoms with E-state index in [2.05, 4.69) is 13.8 Å².